The molecule has 1 aliphatic rings. The number of anilines is 1. The molecule has 1 aliphatic heterocycles. The van der Waals surface area contributed by atoms with E-state index < -0.39 is 50.6 Å². The van der Waals surface area contributed by atoms with Crippen LogP contribution >= 0.6 is 23.2 Å². The summed E-state index contributed by atoms with van der Waals surface area (Å²) in [5, 5.41) is 0.717. The van der Waals surface area contributed by atoms with Crippen molar-refractivity contribution in [3.8, 4) is 17.2 Å². The molecule has 12 heteroatoms. The Balaban J connectivity index is 1.62. The molecule has 192 valence electrons. The lowest BCUT2D eigenvalue weighted by molar-refractivity contribution is 0.197. The zero-order valence-electron chi connectivity index (χ0n) is 19.1. The van der Waals surface area contributed by atoms with Gasteiger partial charge in [0, 0.05) is 28.7 Å². The minimum Gasteiger partial charge on any atom is -0.484 e. The number of benzene rings is 3. The van der Waals surface area contributed by atoms with Crippen molar-refractivity contribution in [2.75, 3.05) is 24.9 Å². The average Bonchev–Trinajstić information content (AvgIpc) is 3.23. The largest absolute Gasteiger partial charge is 0.484 e. The van der Waals surface area contributed by atoms with Crippen LogP contribution in [-0.4, -0.2) is 39.6 Å². The van der Waals surface area contributed by atoms with Gasteiger partial charge in [0.1, 0.15) is 17.6 Å². The fourth-order valence-electron chi connectivity index (χ4n) is 3.75. The van der Waals surface area contributed by atoms with E-state index in [1.54, 1.807) is 0 Å². The van der Waals surface area contributed by atoms with E-state index in [1.807, 2.05) is 11.9 Å². The third kappa shape index (κ3) is 5.67. The molecule has 1 fully saturated rings. The van der Waals surface area contributed by atoms with E-state index in [1.165, 1.54) is 42.5 Å². The molecule has 6 nitrogen and oxygen atoms in total. The number of nitrogens with one attached hydrogen (secondary N) is 1. The summed E-state index contributed by atoms with van der Waals surface area (Å²) >= 11 is 11.9. The number of hydrogen-bond donors (Lipinski definition) is 1. The van der Waals surface area contributed by atoms with Gasteiger partial charge in [-0.15, -0.1) is 0 Å². The van der Waals surface area contributed by atoms with Gasteiger partial charge in [0.05, 0.1) is 10.6 Å². The summed E-state index contributed by atoms with van der Waals surface area (Å²) < 4.78 is 82.8. The molecule has 0 radical (unpaired) electrons. The normalized spacial score (nSPS) is 16.2. The van der Waals surface area contributed by atoms with Gasteiger partial charge in [0.25, 0.3) is 10.0 Å². The zero-order chi connectivity index (χ0) is 26.2. The smallest absolute Gasteiger partial charge is 0.262 e. The number of sulfonamides is 1. The van der Waals surface area contributed by atoms with Gasteiger partial charge >= 0.3 is 0 Å². The lowest BCUT2D eigenvalue weighted by Gasteiger charge is -2.21. The van der Waals surface area contributed by atoms with Crippen LogP contribution in [-0.2, 0) is 10.0 Å². The highest BCUT2D eigenvalue weighted by atomic mass is 35.5. The predicted molar refractivity (Wildman–Crippen MR) is 131 cm³/mol. The maximum absolute atomic E-state index is 14.7. The van der Waals surface area contributed by atoms with Crippen LogP contribution in [0.15, 0.2) is 47.4 Å². The highest BCUT2D eigenvalue weighted by molar-refractivity contribution is 7.92. The Labute approximate surface area is 216 Å². The van der Waals surface area contributed by atoms with Crippen LogP contribution in [0.4, 0.5) is 18.9 Å². The number of likely N-dealkylation sites (N-methyl/N-ethyl adjacent to an activating group) is 1. The molecule has 36 heavy (non-hydrogen) atoms. The molecular formula is C24H21Cl2F3N2O4S. The number of rotatable bonds is 7. The summed E-state index contributed by atoms with van der Waals surface area (Å²) in [7, 11) is -2.52. The van der Waals surface area contributed by atoms with Crippen LogP contribution < -0.4 is 14.2 Å². The molecule has 1 heterocycles. The van der Waals surface area contributed by atoms with Gasteiger partial charge in [-0.05, 0) is 62.9 Å². The second kappa shape index (κ2) is 10.4. The summed E-state index contributed by atoms with van der Waals surface area (Å²) in [5.41, 5.74) is -0.938. The molecular weight excluding hydrogens is 540 g/mol. The van der Waals surface area contributed by atoms with Crippen molar-refractivity contribution < 1.29 is 31.1 Å². The summed E-state index contributed by atoms with van der Waals surface area (Å²) in [4.78, 5) is 1.69. The molecule has 0 amide bonds. The van der Waals surface area contributed by atoms with Gasteiger partial charge < -0.3 is 14.4 Å². The standard InChI is InChI=1S/C24H21Cl2F3N2O4S/c1-13-20(27)21(28)22(29)24(35-17-7-8-31(2)12-17)23(13)30-36(32,33)19-5-3-16(4-6-19)34-18-10-14(25)9-15(26)11-18/h3-6,9-11,17,30H,7-8,12H2,1-2H3/t17-/m1/s1. The quantitative estimate of drug-likeness (QED) is 0.339. The number of hydrogen-bond acceptors (Lipinski definition) is 5. The molecule has 0 bridgehead atoms. The van der Waals surface area contributed by atoms with Crippen molar-refractivity contribution in [1.29, 1.82) is 0 Å². The average molecular weight is 561 g/mol. The second-order valence-corrected chi connectivity index (χ2v) is 10.9. The van der Waals surface area contributed by atoms with Gasteiger partial charge in [-0.25, -0.2) is 17.2 Å². The summed E-state index contributed by atoms with van der Waals surface area (Å²) in [6, 6.07) is 9.84. The van der Waals surface area contributed by atoms with E-state index in [-0.39, 0.29) is 10.6 Å². The van der Waals surface area contributed by atoms with Crippen molar-refractivity contribution >= 4 is 38.9 Å². The fraction of sp³-hybridized carbons (Fsp3) is 0.250. The minimum absolute atomic E-state index is 0.227. The molecule has 0 saturated carbocycles. The van der Waals surface area contributed by atoms with E-state index in [2.05, 4.69) is 4.72 Å². The van der Waals surface area contributed by atoms with E-state index >= 15 is 0 Å². The van der Waals surface area contributed by atoms with Crippen LogP contribution in [0.25, 0.3) is 0 Å². The lowest BCUT2D eigenvalue weighted by atomic mass is 10.1. The number of likely N-dealkylation sites (tertiary alicyclic amines) is 1. The first-order chi connectivity index (χ1) is 16.9. The minimum atomic E-state index is -4.35. The Morgan fingerprint density at radius 3 is 2.19 bits per heavy atom. The topological polar surface area (TPSA) is 67.9 Å². The van der Waals surface area contributed by atoms with Crippen molar-refractivity contribution in [1.82, 2.24) is 4.90 Å². The molecule has 0 unspecified atom stereocenters. The van der Waals surface area contributed by atoms with Gasteiger partial charge in [-0.1, -0.05) is 23.2 Å². The molecule has 3 aromatic carbocycles. The fourth-order valence-corrected chi connectivity index (χ4v) is 5.38. The van der Waals surface area contributed by atoms with Crippen LogP contribution in [0.2, 0.25) is 10.0 Å². The number of ether oxygens (including phenoxy) is 2. The summed E-state index contributed by atoms with van der Waals surface area (Å²) in [5.74, 6) is -4.91. The van der Waals surface area contributed by atoms with E-state index in [0.29, 0.717) is 35.3 Å². The first-order valence-electron chi connectivity index (χ1n) is 10.7. The third-order valence-electron chi connectivity index (χ3n) is 5.59. The molecule has 1 saturated heterocycles. The third-order valence-corrected chi connectivity index (χ3v) is 7.39. The number of nitrogens with zero attached hydrogens (tertiary/aromatic N) is 1. The lowest BCUT2D eigenvalue weighted by Crippen LogP contribution is -2.24. The van der Waals surface area contributed by atoms with Crippen molar-refractivity contribution in [3.05, 3.63) is 75.5 Å². The summed E-state index contributed by atoms with van der Waals surface area (Å²) in [6.45, 7) is 2.21. The maximum atomic E-state index is 14.7. The maximum Gasteiger partial charge on any atom is 0.262 e. The Morgan fingerprint density at radius 2 is 1.61 bits per heavy atom. The Kier molecular flexibility index (Phi) is 7.61. The van der Waals surface area contributed by atoms with E-state index in [4.69, 9.17) is 32.7 Å². The second-order valence-electron chi connectivity index (χ2n) is 8.35. The SMILES string of the molecule is Cc1c(F)c(F)c(F)c(O[C@@H]2CCN(C)C2)c1NS(=O)(=O)c1ccc(Oc2cc(Cl)cc(Cl)c2)cc1. The number of halogens is 5. The molecule has 0 aliphatic carbocycles. The van der Waals surface area contributed by atoms with Gasteiger partial charge in [-0.2, -0.15) is 4.39 Å². The van der Waals surface area contributed by atoms with E-state index in [0.717, 1.165) is 6.92 Å². The van der Waals surface area contributed by atoms with E-state index in [9.17, 15) is 21.6 Å². The first-order valence-corrected chi connectivity index (χ1v) is 13.0. The van der Waals surface area contributed by atoms with Crippen LogP contribution in [0, 0.1) is 24.4 Å². The van der Waals surface area contributed by atoms with Crippen molar-refractivity contribution in [2.24, 2.45) is 0 Å². The molecule has 4 rings (SSSR count). The molecule has 1 atom stereocenters. The van der Waals surface area contributed by atoms with Gasteiger partial charge in [0.2, 0.25) is 5.82 Å². The first kappa shape index (κ1) is 26.4. The molecule has 0 aromatic heterocycles. The summed E-state index contributed by atoms with van der Waals surface area (Å²) in [6.07, 6.45) is -0.00660. The van der Waals surface area contributed by atoms with Crippen LogP contribution in [0.1, 0.15) is 12.0 Å². The Morgan fingerprint density at radius 1 is 0.972 bits per heavy atom. The molecule has 0 spiro atoms. The van der Waals surface area contributed by atoms with Gasteiger partial charge in [0.15, 0.2) is 17.4 Å². The zero-order valence-corrected chi connectivity index (χ0v) is 21.4. The molecule has 3 aromatic rings. The highest BCUT2D eigenvalue weighted by Crippen LogP contribution is 2.38. The predicted octanol–water partition coefficient (Wildman–Crippen LogP) is 6.40. The van der Waals surface area contributed by atoms with Crippen LogP contribution in [0.5, 0.6) is 17.2 Å². The Bertz CT molecular complexity index is 1390. The highest BCUT2D eigenvalue weighted by Gasteiger charge is 2.31. The van der Waals surface area contributed by atoms with Crippen LogP contribution in [0.3, 0.4) is 0 Å². The van der Waals surface area contributed by atoms with Crippen molar-refractivity contribution in [3.63, 3.8) is 0 Å². The van der Waals surface area contributed by atoms with Crippen molar-refractivity contribution in [2.45, 2.75) is 24.3 Å². The monoisotopic (exact) mass is 560 g/mol. The van der Waals surface area contributed by atoms with Gasteiger partial charge in [-0.3, -0.25) is 4.72 Å². The molecule has 1 N–H and O–H groups in total. The Hall–Kier alpha value is -2.66.